The molecule has 1 nitrogen and oxygen atoms in total. The molecular weight excluding hydrogens is 98.1 g/mol. The van der Waals surface area contributed by atoms with E-state index in [-0.39, 0.29) is 0 Å². The molecule has 0 saturated carbocycles. The normalized spacial score (nSPS) is 29.1. The van der Waals surface area contributed by atoms with E-state index in [0.29, 0.717) is 12.0 Å². The molecule has 1 rings (SSSR count). The largest absolute Gasteiger partial charge is 0.193 e. The van der Waals surface area contributed by atoms with Crippen molar-refractivity contribution in [2.45, 2.75) is 25.6 Å². The van der Waals surface area contributed by atoms with Gasteiger partial charge in [-0.1, -0.05) is 6.08 Å². The van der Waals surface area contributed by atoms with Gasteiger partial charge in [-0.25, -0.2) is 0 Å². The molecule has 0 unspecified atom stereocenters. The zero-order chi connectivity index (χ0) is 7.61. The van der Waals surface area contributed by atoms with E-state index in [1.54, 1.807) is 0 Å². The molecule has 0 aromatic rings. The molecule has 42 valence electrons. The highest BCUT2D eigenvalue weighted by atomic mass is 14.2. The van der Waals surface area contributed by atoms with E-state index in [1.807, 2.05) is 6.07 Å². The highest BCUT2D eigenvalue weighted by molar-refractivity contribution is 5.21. The summed E-state index contributed by atoms with van der Waals surface area (Å²) < 4.78 is 14.6. The molecule has 0 aromatic heterocycles. The summed E-state index contributed by atoms with van der Waals surface area (Å²) in [6.07, 6.45) is 2.31. The van der Waals surface area contributed by atoms with Crippen LogP contribution >= 0.6 is 0 Å². The van der Waals surface area contributed by atoms with Crippen LogP contribution < -0.4 is 0 Å². The number of nitrogens with zero attached hydrogens (tertiary/aromatic N) is 1. The molecule has 0 aromatic carbocycles. The molecule has 0 aliphatic heterocycles. The van der Waals surface area contributed by atoms with Crippen molar-refractivity contribution < 1.29 is 2.74 Å². The number of hydrogen-bond acceptors (Lipinski definition) is 1. The number of rotatable bonds is 0. The van der Waals surface area contributed by atoms with Crippen LogP contribution in [0.4, 0.5) is 0 Å². The third kappa shape index (κ3) is 1.10. The number of nitriles is 1. The first-order valence-corrected chi connectivity index (χ1v) is 2.76. The van der Waals surface area contributed by atoms with E-state index >= 15 is 0 Å². The second-order valence-electron chi connectivity index (χ2n) is 1.84. The Morgan fingerprint density at radius 1 is 1.75 bits per heavy atom. The maximum Gasteiger partial charge on any atom is 0.0943 e. The summed E-state index contributed by atoms with van der Waals surface area (Å²) in [6.45, 7) is 0. The van der Waals surface area contributed by atoms with Crippen molar-refractivity contribution in [1.29, 1.82) is 5.26 Å². The predicted octanol–water partition coefficient (Wildman–Crippen LogP) is 2.01. The minimum Gasteiger partial charge on any atom is -0.193 e. The Morgan fingerprint density at radius 3 is 3.12 bits per heavy atom. The smallest absolute Gasteiger partial charge is 0.0943 e. The van der Waals surface area contributed by atoms with Gasteiger partial charge in [0.25, 0.3) is 0 Å². The maximum absolute atomic E-state index is 8.44. The van der Waals surface area contributed by atoms with Gasteiger partial charge in [0.2, 0.25) is 0 Å². The zero-order valence-corrected chi connectivity index (χ0v) is 4.65. The molecule has 0 atom stereocenters. The Morgan fingerprint density at radius 2 is 2.62 bits per heavy atom. The molecule has 0 spiro atoms. The van der Waals surface area contributed by atoms with Crippen molar-refractivity contribution >= 4 is 0 Å². The van der Waals surface area contributed by atoms with Crippen molar-refractivity contribution in [2.75, 3.05) is 0 Å². The minimum atomic E-state index is -1.23. The first-order valence-electron chi connectivity index (χ1n) is 3.76. The van der Waals surface area contributed by atoms with E-state index in [2.05, 4.69) is 0 Å². The Hall–Kier alpha value is -0.770. The lowest BCUT2D eigenvalue weighted by Crippen LogP contribution is -1.87. The molecule has 0 N–H and O–H groups in total. The first-order chi connectivity index (χ1) is 4.64. The number of hydrogen-bond donors (Lipinski definition) is 0. The molecule has 1 aliphatic carbocycles. The average molecular weight is 109 g/mol. The van der Waals surface area contributed by atoms with Crippen LogP contribution in [0.25, 0.3) is 0 Å². The SMILES string of the molecule is [2H]C1([2H])C=C(C#N)CCC1. The van der Waals surface area contributed by atoms with Crippen LogP contribution in [0, 0.1) is 11.3 Å². The summed E-state index contributed by atoms with van der Waals surface area (Å²) in [7, 11) is 0. The summed E-state index contributed by atoms with van der Waals surface area (Å²) in [5, 5.41) is 8.44. The fourth-order valence-corrected chi connectivity index (χ4v) is 0.737. The molecular formula is C7H9N. The van der Waals surface area contributed by atoms with Crippen molar-refractivity contribution in [3.8, 4) is 6.07 Å². The van der Waals surface area contributed by atoms with Gasteiger partial charge in [0.05, 0.1) is 6.07 Å². The third-order valence-electron chi connectivity index (χ3n) is 1.19. The molecule has 0 saturated heterocycles. The Labute approximate surface area is 52.4 Å². The summed E-state index contributed by atoms with van der Waals surface area (Å²) in [6, 6.07) is 1.98. The standard InChI is InChI=1S/C7H9N/c8-6-7-4-2-1-3-5-7/h4H,1-3,5H2/i2D2. The lowest BCUT2D eigenvalue weighted by Gasteiger charge is -2.03. The average Bonchev–Trinajstić information content (AvgIpc) is 1.86. The molecule has 0 radical (unpaired) electrons. The molecule has 0 amide bonds. The van der Waals surface area contributed by atoms with E-state index in [4.69, 9.17) is 8.00 Å². The van der Waals surface area contributed by atoms with E-state index in [1.165, 1.54) is 6.08 Å². The van der Waals surface area contributed by atoms with Gasteiger partial charge in [-0.05, 0) is 25.6 Å². The quantitative estimate of drug-likeness (QED) is 0.466. The lowest BCUT2D eigenvalue weighted by molar-refractivity contribution is 0.714. The first kappa shape index (κ1) is 3.29. The van der Waals surface area contributed by atoms with Crippen molar-refractivity contribution in [1.82, 2.24) is 0 Å². The van der Waals surface area contributed by atoms with Crippen LogP contribution in [0.5, 0.6) is 0 Å². The Kier molecular flexibility index (Phi) is 1.04. The van der Waals surface area contributed by atoms with Crippen LogP contribution in [-0.4, -0.2) is 0 Å². The van der Waals surface area contributed by atoms with Crippen molar-refractivity contribution in [2.24, 2.45) is 0 Å². The Bertz CT molecular complexity index is 200. The summed E-state index contributed by atoms with van der Waals surface area (Å²) in [5.41, 5.74) is 0.594. The van der Waals surface area contributed by atoms with Crippen LogP contribution in [0.15, 0.2) is 11.6 Å². The molecule has 1 aliphatic rings. The molecule has 0 heterocycles. The minimum absolute atomic E-state index is 0.554. The summed E-state index contributed by atoms with van der Waals surface area (Å²) in [5.74, 6) is 0. The van der Waals surface area contributed by atoms with E-state index in [9.17, 15) is 0 Å². The third-order valence-corrected chi connectivity index (χ3v) is 1.19. The van der Waals surface area contributed by atoms with Gasteiger partial charge in [-0.2, -0.15) is 5.26 Å². The van der Waals surface area contributed by atoms with Crippen LogP contribution in [-0.2, 0) is 0 Å². The van der Waals surface area contributed by atoms with Crippen molar-refractivity contribution in [3.63, 3.8) is 0 Å². The Balaban J connectivity index is 2.78. The molecule has 0 fully saturated rings. The van der Waals surface area contributed by atoms with Crippen LogP contribution in [0.1, 0.15) is 28.4 Å². The van der Waals surface area contributed by atoms with Gasteiger partial charge in [0.1, 0.15) is 0 Å². The summed E-state index contributed by atoms with van der Waals surface area (Å²) >= 11 is 0. The van der Waals surface area contributed by atoms with Gasteiger partial charge < -0.3 is 0 Å². The predicted molar refractivity (Wildman–Crippen MR) is 32.2 cm³/mol. The highest BCUT2D eigenvalue weighted by Gasteiger charge is 1.99. The summed E-state index contributed by atoms with van der Waals surface area (Å²) in [4.78, 5) is 0. The van der Waals surface area contributed by atoms with E-state index < -0.39 is 6.37 Å². The van der Waals surface area contributed by atoms with Crippen molar-refractivity contribution in [3.05, 3.63) is 11.6 Å². The maximum atomic E-state index is 8.44. The van der Waals surface area contributed by atoms with Gasteiger partial charge in [-0.15, -0.1) is 0 Å². The van der Waals surface area contributed by atoms with Gasteiger partial charge >= 0.3 is 0 Å². The monoisotopic (exact) mass is 109 g/mol. The molecule has 1 heteroatoms. The lowest BCUT2D eigenvalue weighted by atomic mass is 10.0. The fraction of sp³-hybridized carbons (Fsp3) is 0.571. The van der Waals surface area contributed by atoms with Gasteiger partial charge in [-0.3, -0.25) is 0 Å². The fourth-order valence-electron chi connectivity index (χ4n) is 0.737. The van der Waals surface area contributed by atoms with Gasteiger partial charge in [0, 0.05) is 8.31 Å². The zero-order valence-electron chi connectivity index (χ0n) is 6.65. The van der Waals surface area contributed by atoms with Crippen LogP contribution in [0.3, 0.4) is 0 Å². The topological polar surface area (TPSA) is 23.8 Å². The number of allylic oxidation sites excluding steroid dienone is 2. The second kappa shape index (κ2) is 2.52. The van der Waals surface area contributed by atoms with Gasteiger partial charge in [0.15, 0.2) is 0 Å². The van der Waals surface area contributed by atoms with E-state index in [0.717, 1.165) is 12.8 Å². The second-order valence-corrected chi connectivity index (χ2v) is 1.84. The highest BCUT2D eigenvalue weighted by Crippen LogP contribution is 2.15. The molecule has 8 heavy (non-hydrogen) atoms. The van der Waals surface area contributed by atoms with Crippen LogP contribution in [0.2, 0.25) is 0 Å². The molecule has 0 bridgehead atoms.